The van der Waals surface area contributed by atoms with E-state index in [9.17, 15) is 9.59 Å². The van der Waals surface area contributed by atoms with Crippen molar-refractivity contribution in [2.45, 2.75) is 62.8 Å². The molecule has 2 N–H and O–H groups in total. The number of anilines is 1. The number of carbonyl (C=O) groups is 2. The molecule has 0 unspecified atom stereocenters. The van der Waals surface area contributed by atoms with Crippen LogP contribution in [0.2, 0.25) is 0 Å². The zero-order valence-corrected chi connectivity index (χ0v) is 18.3. The third-order valence-electron chi connectivity index (χ3n) is 7.08. The molecule has 1 heterocycles. The van der Waals surface area contributed by atoms with Gasteiger partial charge in [-0.25, -0.2) is 0 Å². The monoisotopic (exact) mass is 434 g/mol. The third kappa shape index (κ3) is 4.06. The van der Waals surface area contributed by atoms with Crippen molar-refractivity contribution in [1.82, 2.24) is 5.32 Å². The average molecular weight is 435 g/mol. The Bertz CT molecular complexity index is 989. The van der Waals surface area contributed by atoms with Crippen molar-refractivity contribution in [3.05, 3.63) is 53.6 Å². The standard InChI is InChI=1S/C26H30N2O4/c29-24(27-20-5-1-2-6-20)18-7-10-21(11-8-18)28-25(30)26(13-3-4-14-26)19-9-12-22-23(17-19)32-16-15-31-22/h7-12,17,20H,1-6,13-16H2,(H,27,29)(H,28,30). The number of hydrogen-bond acceptors (Lipinski definition) is 4. The van der Waals surface area contributed by atoms with Crippen molar-refractivity contribution in [2.24, 2.45) is 0 Å². The lowest BCUT2D eigenvalue weighted by Crippen LogP contribution is -2.38. The number of hydrogen-bond donors (Lipinski definition) is 2. The van der Waals surface area contributed by atoms with Crippen molar-refractivity contribution in [3.8, 4) is 11.5 Å². The van der Waals surface area contributed by atoms with Gasteiger partial charge in [0, 0.05) is 17.3 Å². The van der Waals surface area contributed by atoms with Gasteiger partial charge in [-0.3, -0.25) is 9.59 Å². The summed E-state index contributed by atoms with van der Waals surface area (Å²) in [5.41, 5.74) is 1.73. The molecule has 6 nitrogen and oxygen atoms in total. The third-order valence-corrected chi connectivity index (χ3v) is 7.08. The van der Waals surface area contributed by atoms with Gasteiger partial charge in [-0.1, -0.05) is 31.7 Å². The molecule has 5 rings (SSSR count). The van der Waals surface area contributed by atoms with Gasteiger partial charge in [0.2, 0.25) is 5.91 Å². The number of nitrogens with one attached hydrogen (secondary N) is 2. The molecule has 6 heteroatoms. The molecule has 0 spiro atoms. The van der Waals surface area contributed by atoms with Gasteiger partial charge in [0.05, 0.1) is 5.41 Å². The SMILES string of the molecule is O=C(NC1CCCC1)c1ccc(NC(=O)C2(c3ccc4c(c3)OCCO4)CCCC2)cc1. The highest BCUT2D eigenvalue weighted by Crippen LogP contribution is 2.45. The summed E-state index contributed by atoms with van der Waals surface area (Å²) in [4.78, 5) is 26.0. The van der Waals surface area contributed by atoms with Crippen LogP contribution in [0.3, 0.4) is 0 Å². The maximum Gasteiger partial charge on any atom is 0.251 e. The lowest BCUT2D eigenvalue weighted by Gasteiger charge is -2.30. The van der Waals surface area contributed by atoms with Crippen LogP contribution in [0.5, 0.6) is 11.5 Å². The van der Waals surface area contributed by atoms with Crippen molar-refractivity contribution in [2.75, 3.05) is 18.5 Å². The van der Waals surface area contributed by atoms with Crippen molar-refractivity contribution in [3.63, 3.8) is 0 Å². The summed E-state index contributed by atoms with van der Waals surface area (Å²) in [7, 11) is 0. The topological polar surface area (TPSA) is 76.7 Å². The Labute approximate surface area is 188 Å². The summed E-state index contributed by atoms with van der Waals surface area (Å²) in [5, 5.41) is 6.20. The fourth-order valence-corrected chi connectivity index (χ4v) is 5.26. The van der Waals surface area contributed by atoms with Crippen LogP contribution in [0.4, 0.5) is 5.69 Å². The van der Waals surface area contributed by atoms with Gasteiger partial charge in [-0.05, 0) is 67.6 Å². The van der Waals surface area contributed by atoms with Gasteiger partial charge >= 0.3 is 0 Å². The fourth-order valence-electron chi connectivity index (χ4n) is 5.26. The number of ether oxygens (including phenoxy) is 2. The molecule has 32 heavy (non-hydrogen) atoms. The van der Waals surface area contributed by atoms with Crippen LogP contribution in [0.1, 0.15) is 67.3 Å². The molecule has 0 saturated heterocycles. The number of rotatable bonds is 5. The van der Waals surface area contributed by atoms with Crippen LogP contribution < -0.4 is 20.1 Å². The van der Waals surface area contributed by atoms with Crippen LogP contribution in [-0.2, 0) is 10.2 Å². The number of fused-ring (bicyclic) bond motifs is 1. The normalized spacial score (nSPS) is 19.5. The first-order valence-corrected chi connectivity index (χ1v) is 11.8. The highest BCUT2D eigenvalue weighted by molar-refractivity contribution is 6.00. The van der Waals surface area contributed by atoms with Crippen molar-refractivity contribution in [1.29, 1.82) is 0 Å². The van der Waals surface area contributed by atoms with Gasteiger partial charge in [0.25, 0.3) is 5.91 Å². The molecule has 2 aliphatic carbocycles. The van der Waals surface area contributed by atoms with Gasteiger partial charge < -0.3 is 20.1 Å². The van der Waals surface area contributed by atoms with Crippen LogP contribution in [0.25, 0.3) is 0 Å². The molecular formula is C26H30N2O4. The van der Waals surface area contributed by atoms with Gasteiger partial charge in [-0.2, -0.15) is 0 Å². The molecule has 2 aromatic rings. The molecule has 0 bridgehead atoms. The summed E-state index contributed by atoms with van der Waals surface area (Å²) in [6.07, 6.45) is 8.12. The number of carbonyl (C=O) groups excluding carboxylic acids is 2. The first-order valence-electron chi connectivity index (χ1n) is 11.8. The van der Waals surface area contributed by atoms with Gasteiger partial charge in [0.1, 0.15) is 13.2 Å². The molecule has 2 saturated carbocycles. The lowest BCUT2D eigenvalue weighted by molar-refractivity contribution is -0.121. The molecule has 168 valence electrons. The van der Waals surface area contributed by atoms with E-state index in [0.29, 0.717) is 30.2 Å². The van der Waals surface area contributed by atoms with E-state index >= 15 is 0 Å². The van der Waals surface area contributed by atoms with Crippen LogP contribution in [0.15, 0.2) is 42.5 Å². The highest BCUT2D eigenvalue weighted by atomic mass is 16.6. The first-order chi connectivity index (χ1) is 15.6. The van der Waals surface area contributed by atoms with E-state index in [-0.39, 0.29) is 17.9 Å². The second-order valence-electron chi connectivity index (χ2n) is 9.13. The second kappa shape index (κ2) is 8.85. The molecule has 3 aliphatic rings. The zero-order valence-electron chi connectivity index (χ0n) is 18.3. The minimum atomic E-state index is -0.575. The molecule has 0 radical (unpaired) electrons. The summed E-state index contributed by atoms with van der Waals surface area (Å²) >= 11 is 0. The maximum absolute atomic E-state index is 13.5. The van der Waals surface area contributed by atoms with E-state index in [4.69, 9.17) is 9.47 Å². The molecular weight excluding hydrogens is 404 g/mol. The smallest absolute Gasteiger partial charge is 0.251 e. The van der Waals surface area contributed by atoms with E-state index in [1.807, 2.05) is 30.3 Å². The zero-order chi connectivity index (χ0) is 22.0. The van der Waals surface area contributed by atoms with Crippen molar-refractivity contribution < 1.29 is 19.1 Å². The predicted molar refractivity (Wildman–Crippen MR) is 122 cm³/mol. The Morgan fingerprint density at radius 1 is 0.844 bits per heavy atom. The van der Waals surface area contributed by atoms with E-state index < -0.39 is 5.41 Å². The maximum atomic E-state index is 13.5. The average Bonchev–Trinajstić information content (AvgIpc) is 3.52. The lowest BCUT2D eigenvalue weighted by atomic mass is 9.77. The summed E-state index contributed by atoms with van der Waals surface area (Å²) in [5.74, 6) is 1.40. The van der Waals surface area contributed by atoms with Crippen LogP contribution in [0, 0.1) is 0 Å². The molecule has 2 aromatic carbocycles. The first kappa shape index (κ1) is 20.9. The van der Waals surface area contributed by atoms with E-state index in [0.717, 1.165) is 49.8 Å². The predicted octanol–water partition coefficient (Wildman–Crippen LogP) is 4.58. The molecule has 2 amide bonds. The Hall–Kier alpha value is -3.02. The largest absolute Gasteiger partial charge is 0.486 e. The second-order valence-corrected chi connectivity index (χ2v) is 9.13. The van der Waals surface area contributed by atoms with Crippen LogP contribution in [-0.4, -0.2) is 31.1 Å². The number of amides is 2. The minimum Gasteiger partial charge on any atom is -0.486 e. The fraction of sp³-hybridized carbons (Fsp3) is 0.462. The quantitative estimate of drug-likeness (QED) is 0.722. The Kier molecular flexibility index (Phi) is 5.77. The van der Waals surface area contributed by atoms with Crippen molar-refractivity contribution >= 4 is 17.5 Å². The Morgan fingerprint density at radius 2 is 1.53 bits per heavy atom. The van der Waals surface area contributed by atoms with Gasteiger partial charge in [-0.15, -0.1) is 0 Å². The summed E-state index contributed by atoms with van der Waals surface area (Å²) in [6, 6.07) is 13.4. The minimum absolute atomic E-state index is 0.00478. The van der Waals surface area contributed by atoms with Gasteiger partial charge in [0.15, 0.2) is 11.5 Å². The highest BCUT2D eigenvalue weighted by Gasteiger charge is 2.43. The number of benzene rings is 2. The summed E-state index contributed by atoms with van der Waals surface area (Å²) in [6.45, 7) is 1.07. The Morgan fingerprint density at radius 3 is 2.25 bits per heavy atom. The molecule has 1 aliphatic heterocycles. The molecule has 0 aromatic heterocycles. The molecule has 0 atom stereocenters. The summed E-state index contributed by atoms with van der Waals surface area (Å²) < 4.78 is 11.4. The Balaban J connectivity index is 1.31. The van der Waals surface area contributed by atoms with E-state index in [1.165, 1.54) is 12.8 Å². The van der Waals surface area contributed by atoms with Crippen LogP contribution >= 0.6 is 0 Å². The molecule has 2 fully saturated rings. The van der Waals surface area contributed by atoms with E-state index in [1.54, 1.807) is 12.1 Å². The van der Waals surface area contributed by atoms with E-state index in [2.05, 4.69) is 10.6 Å².